The van der Waals surface area contributed by atoms with E-state index < -0.39 is 40.5 Å². The lowest BCUT2D eigenvalue weighted by molar-refractivity contribution is 0.0237. The third kappa shape index (κ3) is 5.77. The Hall–Kier alpha value is -3.28. The molecule has 1 aromatic carbocycles. The number of nitrogens with zero attached hydrogens (tertiary/aromatic N) is 5. The molecule has 1 unspecified atom stereocenters. The van der Waals surface area contributed by atoms with E-state index in [9.17, 15) is 19.2 Å². The number of aromatic nitrogens is 2. The molecular weight excluding hydrogens is 545 g/mol. The van der Waals surface area contributed by atoms with Crippen LogP contribution in [-0.4, -0.2) is 70.8 Å². The summed E-state index contributed by atoms with van der Waals surface area (Å²) in [5.74, 6) is -0.748. The number of hydrogen-bond donors (Lipinski definition) is 0. The number of benzene rings is 1. The highest BCUT2D eigenvalue weighted by molar-refractivity contribution is 6.38. The third-order valence-corrected chi connectivity index (χ3v) is 7.16. The number of hydrogen-bond acceptors (Lipinski definition) is 7. The van der Waals surface area contributed by atoms with Crippen LogP contribution < -0.4 is 21.2 Å². The molecule has 1 aliphatic carbocycles. The van der Waals surface area contributed by atoms with Crippen molar-refractivity contribution in [1.29, 1.82) is 0 Å². The summed E-state index contributed by atoms with van der Waals surface area (Å²) in [5.41, 5.74) is -3.00. The average Bonchev–Trinajstić information content (AvgIpc) is 3.53. The van der Waals surface area contributed by atoms with Gasteiger partial charge < -0.3 is 19.3 Å². The van der Waals surface area contributed by atoms with Crippen molar-refractivity contribution in [2.24, 2.45) is 0 Å². The van der Waals surface area contributed by atoms with E-state index in [1.165, 1.54) is 16.5 Å². The normalized spacial score (nSPS) is 17.8. The van der Waals surface area contributed by atoms with Crippen LogP contribution in [0.3, 0.4) is 0 Å². The number of carbonyl (C=O) groups excluding carboxylic acids is 2. The first-order chi connectivity index (χ1) is 18.4. The van der Waals surface area contributed by atoms with E-state index in [0.717, 1.165) is 11.1 Å². The predicted octanol–water partition coefficient (Wildman–Crippen LogP) is 4.24. The number of likely N-dealkylation sites (N-methyl/N-ethyl adjacent to an activating group) is 1. The van der Waals surface area contributed by atoms with Crippen molar-refractivity contribution in [3.8, 4) is 0 Å². The van der Waals surface area contributed by atoms with Crippen LogP contribution in [0.1, 0.15) is 66.8 Å². The number of ether oxygens (including phenoxy) is 2. The van der Waals surface area contributed by atoms with Gasteiger partial charge in [0.2, 0.25) is 0 Å². The first-order valence-corrected chi connectivity index (χ1v) is 13.7. The molecule has 0 bridgehead atoms. The molecule has 2 heterocycles. The first-order valence-electron chi connectivity index (χ1n) is 13.3. The summed E-state index contributed by atoms with van der Waals surface area (Å²) in [6.07, 6.45) is 0.481. The molecule has 2 aliphatic rings. The zero-order chi connectivity index (χ0) is 29.9. The fourth-order valence-electron chi connectivity index (χ4n) is 4.78. The van der Waals surface area contributed by atoms with Crippen LogP contribution in [0.4, 0.5) is 19.7 Å². The van der Waals surface area contributed by atoms with Crippen molar-refractivity contribution in [1.82, 2.24) is 14.1 Å². The van der Waals surface area contributed by atoms with Crippen molar-refractivity contribution in [2.45, 2.75) is 84.1 Å². The Morgan fingerprint density at radius 1 is 1.00 bits per heavy atom. The summed E-state index contributed by atoms with van der Waals surface area (Å²) >= 11 is 6.81. The maximum Gasteiger partial charge on any atom is 0.429 e. The molecule has 13 heteroatoms. The van der Waals surface area contributed by atoms with Crippen molar-refractivity contribution in [3.05, 3.63) is 37.7 Å². The standard InChI is InChI=1S/C27H37ClFN5O6/c1-26(2,3)39-24(37)30(7)16-11-12-32(14-16)21-18(29)13-17-20(19(21)28)33(15-9-10-15)23(36)34(22(17)35)31(8)25(38)40-27(4,5)6/h13,15-16H,9-12,14H2,1-8H3. The quantitative estimate of drug-likeness (QED) is 0.532. The molecule has 2 amide bonds. The van der Waals surface area contributed by atoms with Crippen LogP contribution in [0.2, 0.25) is 5.02 Å². The Kier molecular flexibility index (Phi) is 7.63. The molecule has 1 saturated carbocycles. The topological polar surface area (TPSA) is 106 Å². The first kappa shape index (κ1) is 29.7. The lowest BCUT2D eigenvalue weighted by Gasteiger charge is -2.29. The number of amides is 2. The van der Waals surface area contributed by atoms with Crippen molar-refractivity contribution in [3.63, 3.8) is 0 Å². The zero-order valence-corrected chi connectivity index (χ0v) is 25.0. The highest BCUT2D eigenvalue weighted by Gasteiger charge is 2.36. The smallest absolute Gasteiger partial charge is 0.429 e. The molecule has 40 heavy (non-hydrogen) atoms. The Balaban J connectivity index is 1.77. The van der Waals surface area contributed by atoms with Gasteiger partial charge >= 0.3 is 17.9 Å². The SMILES string of the molecule is CN(C(=O)OC(C)(C)C)C1CCN(c2c(F)cc3c(=O)n(N(C)C(=O)OC(C)(C)C)c(=O)n(C4CC4)c3c2Cl)C1. The van der Waals surface area contributed by atoms with Gasteiger partial charge in [-0.3, -0.25) is 9.36 Å². The van der Waals surface area contributed by atoms with Gasteiger partial charge in [0.05, 0.1) is 27.7 Å². The summed E-state index contributed by atoms with van der Waals surface area (Å²) < 4.78 is 28.5. The van der Waals surface area contributed by atoms with Crippen LogP contribution in [0, 0.1) is 5.82 Å². The van der Waals surface area contributed by atoms with E-state index >= 15 is 4.39 Å². The predicted molar refractivity (Wildman–Crippen MR) is 151 cm³/mol. The Labute approximate surface area is 236 Å². The Morgan fingerprint density at radius 2 is 1.57 bits per heavy atom. The van der Waals surface area contributed by atoms with Gasteiger partial charge in [-0.25, -0.2) is 23.8 Å². The number of carbonyl (C=O) groups is 2. The minimum Gasteiger partial charge on any atom is -0.444 e. The summed E-state index contributed by atoms with van der Waals surface area (Å²) in [4.78, 5) is 55.7. The molecule has 4 rings (SSSR count). The third-order valence-electron chi connectivity index (χ3n) is 6.80. The van der Waals surface area contributed by atoms with Crippen molar-refractivity contribution < 1.29 is 23.5 Å². The molecule has 1 atom stereocenters. The van der Waals surface area contributed by atoms with E-state index in [1.807, 2.05) is 0 Å². The Morgan fingerprint density at radius 3 is 2.12 bits per heavy atom. The maximum atomic E-state index is 15.7. The molecule has 1 aliphatic heterocycles. The molecule has 220 valence electrons. The fraction of sp³-hybridized carbons (Fsp3) is 0.630. The summed E-state index contributed by atoms with van der Waals surface area (Å²) in [7, 11) is 2.88. The van der Waals surface area contributed by atoms with Gasteiger partial charge in [-0.2, -0.15) is 4.68 Å². The van der Waals surface area contributed by atoms with Crippen LogP contribution in [-0.2, 0) is 9.47 Å². The summed E-state index contributed by atoms with van der Waals surface area (Å²) in [6.45, 7) is 11.0. The zero-order valence-electron chi connectivity index (χ0n) is 24.2. The number of anilines is 1. The Bertz CT molecular complexity index is 1470. The van der Waals surface area contributed by atoms with E-state index in [2.05, 4.69) is 0 Å². The highest BCUT2D eigenvalue weighted by atomic mass is 35.5. The lowest BCUT2D eigenvalue weighted by Crippen LogP contribution is -2.54. The van der Waals surface area contributed by atoms with E-state index in [-0.39, 0.29) is 40.2 Å². The molecule has 1 saturated heterocycles. The van der Waals surface area contributed by atoms with E-state index in [1.54, 1.807) is 53.5 Å². The summed E-state index contributed by atoms with van der Waals surface area (Å²) in [6, 6.07) is 0.540. The second-order valence-corrected chi connectivity index (χ2v) is 12.8. The van der Waals surface area contributed by atoms with Crippen molar-refractivity contribution in [2.75, 3.05) is 37.1 Å². The minimum atomic E-state index is -0.909. The number of fused-ring (bicyclic) bond motifs is 1. The van der Waals surface area contributed by atoms with Gasteiger partial charge in [0.1, 0.15) is 17.0 Å². The lowest BCUT2D eigenvalue weighted by atomic mass is 10.2. The molecule has 0 radical (unpaired) electrons. The average molecular weight is 582 g/mol. The number of halogens is 2. The molecule has 0 spiro atoms. The van der Waals surface area contributed by atoms with Crippen LogP contribution >= 0.6 is 11.6 Å². The number of rotatable bonds is 4. The van der Waals surface area contributed by atoms with Gasteiger partial charge in [-0.1, -0.05) is 11.6 Å². The van der Waals surface area contributed by atoms with Gasteiger partial charge in [0.15, 0.2) is 0 Å². The van der Waals surface area contributed by atoms with Crippen LogP contribution in [0.25, 0.3) is 10.9 Å². The second-order valence-electron chi connectivity index (χ2n) is 12.4. The maximum absolute atomic E-state index is 15.7. The van der Waals surface area contributed by atoms with Crippen molar-refractivity contribution >= 4 is 40.4 Å². The van der Waals surface area contributed by atoms with Gasteiger partial charge in [0.25, 0.3) is 5.56 Å². The van der Waals surface area contributed by atoms with E-state index in [0.29, 0.717) is 30.5 Å². The molecule has 2 aromatic rings. The van der Waals surface area contributed by atoms with Gasteiger partial charge in [-0.15, -0.1) is 0 Å². The molecule has 11 nitrogen and oxygen atoms in total. The fourth-order valence-corrected chi connectivity index (χ4v) is 5.18. The van der Waals surface area contributed by atoms with Crippen LogP contribution in [0.15, 0.2) is 15.7 Å². The minimum absolute atomic E-state index is 0.0562. The highest BCUT2D eigenvalue weighted by Crippen LogP contribution is 2.41. The molecule has 1 aromatic heterocycles. The molecule has 0 N–H and O–H groups in total. The largest absolute Gasteiger partial charge is 0.444 e. The van der Waals surface area contributed by atoms with Gasteiger partial charge in [-0.05, 0) is 66.9 Å². The second kappa shape index (κ2) is 10.3. The molecular formula is C27H37ClFN5O6. The van der Waals surface area contributed by atoms with Gasteiger partial charge in [0, 0.05) is 33.2 Å². The van der Waals surface area contributed by atoms with Crippen LogP contribution in [0.5, 0.6) is 0 Å². The monoisotopic (exact) mass is 581 g/mol. The van der Waals surface area contributed by atoms with E-state index in [4.69, 9.17) is 21.1 Å². The summed E-state index contributed by atoms with van der Waals surface area (Å²) in [5, 5.41) is 0.601. The molecule has 2 fully saturated rings.